The number of methoxy groups -OCH3 is 1. The number of hydrogen-bond acceptors (Lipinski definition) is 5. The molecule has 1 aromatic heterocycles. The van der Waals surface area contributed by atoms with Crippen LogP contribution in [0.5, 0.6) is 5.75 Å². The highest BCUT2D eigenvalue weighted by molar-refractivity contribution is 5.81. The number of aryl methyl sites for hydroxylation is 1. The molecule has 138 valence electrons. The molecule has 0 unspecified atom stereocenters. The highest BCUT2D eigenvalue weighted by Gasteiger charge is 2.51. The molecular formula is C19H25N5O2. The summed E-state index contributed by atoms with van der Waals surface area (Å²) in [7, 11) is 1.64. The van der Waals surface area contributed by atoms with E-state index in [1.165, 1.54) is 25.7 Å². The first-order chi connectivity index (χ1) is 12.7. The van der Waals surface area contributed by atoms with Gasteiger partial charge in [-0.15, -0.1) is 5.10 Å². The molecule has 0 bridgehead atoms. The van der Waals surface area contributed by atoms with Crippen LogP contribution in [0.1, 0.15) is 43.1 Å². The second-order valence-electron chi connectivity index (χ2n) is 7.39. The number of fused-ring (bicyclic) bond motifs is 1. The maximum atomic E-state index is 13.1. The van der Waals surface area contributed by atoms with Crippen molar-refractivity contribution in [2.75, 3.05) is 7.11 Å². The average molecular weight is 355 g/mol. The predicted molar refractivity (Wildman–Crippen MR) is 95.7 cm³/mol. The highest BCUT2D eigenvalue weighted by Crippen LogP contribution is 2.49. The quantitative estimate of drug-likeness (QED) is 0.858. The topological polar surface area (TPSA) is 81.9 Å². The van der Waals surface area contributed by atoms with Gasteiger partial charge >= 0.3 is 0 Å². The third-order valence-corrected chi connectivity index (χ3v) is 5.78. The molecular weight excluding hydrogens is 330 g/mol. The van der Waals surface area contributed by atoms with E-state index in [-0.39, 0.29) is 5.91 Å². The monoisotopic (exact) mass is 355 g/mol. The fraction of sp³-hybridized carbons (Fsp3) is 0.579. The number of rotatable bonds is 6. The largest absolute Gasteiger partial charge is 0.497 e. The lowest BCUT2D eigenvalue weighted by atomic mass is 10.0. The van der Waals surface area contributed by atoms with Crippen molar-refractivity contribution in [1.29, 1.82) is 0 Å². The van der Waals surface area contributed by atoms with Gasteiger partial charge in [0.15, 0.2) is 0 Å². The van der Waals surface area contributed by atoms with E-state index < -0.39 is 6.04 Å². The van der Waals surface area contributed by atoms with Gasteiger partial charge in [-0.3, -0.25) is 4.79 Å². The molecule has 2 aliphatic carbocycles. The van der Waals surface area contributed by atoms with Crippen LogP contribution in [0.4, 0.5) is 0 Å². The minimum atomic E-state index is -0.459. The van der Waals surface area contributed by atoms with Crippen LogP contribution >= 0.6 is 0 Å². The molecule has 3 atom stereocenters. The van der Waals surface area contributed by atoms with Crippen molar-refractivity contribution in [3.8, 4) is 5.75 Å². The van der Waals surface area contributed by atoms with Gasteiger partial charge in [-0.25, -0.2) is 4.68 Å². The van der Waals surface area contributed by atoms with Crippen LogP contribution in [0.2, 0.25) is 0 Å². The zero-order valence-corrected chi connectivity index (χ0v) is 15.3. The molecule has 4 rings (SSSR count). The Hall–Kier alpha value is -2.44. The highest BCUT2D eigenvalue weighted by atomic mass is 16.5. The number of nitrogens with one attached hydrogen (secondary N) is 1. The summed E-state index contributed by atoms with van der Waals surface area (Å²) >= 11 is 0. The number of hydrogen-bond donors (Lipinski definition) is 1. The molecule has 2 fully saturated rings. The van der Waals surface area contributed by atoms with Gasteiger partial charge in [-0.1, -0.05) is 25.0 Å². The molecule has 0 radical (unpaired) electrons. The third-order valence-electron chi connectivity index (χ3n) is 5.78. The molecule has 2 aromatic rings. The summed E-state index contributed by atoms with van der Waals surface area (Å²) in [5.74, 6) is 2.76. The van der Waals surface area contributed by atoms with Crippen LogP contribution in [0, 0.1) is 18.8 Å². The number of benzene rings is 1. The maximum absolute atomic E-state index is 13.1. The van der Waals surface area contributed by atoms with Gasteiger partial charge in [-0.05, 0) is 59.7 Å². The zero-order chi connectivity index (χ0) is 18.1. The summed E-state index contributed by atoms with van der Waals surface area (Å²) < 4.78 is 6.93. The summed E-state index contributed by atoms with van der Waals surface area (Å²) in [5, 5.41) is 15.0. The van der Waals surface area contributed by atoms with Crippen LogP contribution in [-0.2, 0) is 11.2 Å². The van der Waals surface area contributed by atoms with Crippen molar-refractivity contribution >= 4 is 5.91 Å². The Labute approximate surface area is 153 Å². The minimum Gasteiger partial charge on any atom is -0.497 e. The molecule has 7 heteroatoms. The molecule has 1 heterocycles. The number of carbonyl (C=O) groups is 1. The molecule has 0 saturated heterocycles. The number of tetrazole rings is 1. The second-order valence-corrected chi connectivity index (χ2v) is 7.39. The normalized spacial score (nSPS) is 25.2. The Morgan fingerprint density at radius 1 is 1.35 bits per heavy atom. The summed E-state index contributed by atoms with van der Waals surface area (Å²) in [6, 6.07) is 7.66. The van der Waals surface area contributed by atoms with Gasteiger partial charge in [0.1, 0.15) is 17.6 Å². The number of aromatic nitrogens is 4. The Morgan fingerprint density at radius 3 is 2.77 bits per heavy atom. The Bertz CT molecular complexity index is 778. The van der Waals surface area contributed by atoms with Gasteiger partial charge < -0.3 is 10.1 Å². The van der Waals surface area contributed by atoms with Crippen molar-refractivity contribution in [1.82, 2.24) is 25.5 Å². The molecule has 1 amide bonds. The molecule has 1 N–H and O–H groups in total. The van der Waals surface area contributed by atoms with Crippen LogP contribution in [0.3, 0.4) is 0 Å². The van der Waals surface area contributed by atoms with Gasteiger partial charge in [0.05, 0.1) is 7.11 Å². The zero-order valence-electron chi connectivity index (χ0n) is 15.3. The van der Waals surface area contributed by atoms with Gasteiger partial charge in [0.2, 0.25) is 5.91 Å². The Balaban J connectivity index is 1.53. The fourth-order valence-electron chi connectivity index (χ4n) is 4.31. The first kappa shape index (κ1) is 17.0. The second kappa shape index (κ2) is 7.05. The standard InChI is InChI=1S/C19H25N5O2/c1-12-21-22-23-24(12)17(11-13-6-5-7-14(10-13)26-2)19(25)20-18-15-8-3-4-9-16(15)18/h5-7,10,15-18H,3-4,8-9,11H2,1-2H3,(H,20,25)/t15-,16-,17-/m1/s1. The average Bonchev–Trinajstić information content (AvgIpc) is 3.18. The maximum Gasteiger partial charge on any atom is 0.245 e. The lowest BCUT2D eigenvalue weighted by Crippen LogP contribution is -2.37. The van der Waals surface area contributed by atoms with Gasteiger partial charge in [0, 0.05) is 12.5 Å². The molecule has 1 aromatic carbocycles. The molecule has 2 saturated carbocycles. The van der Waals surface area contributed by atoms with Crippen LogP contribution in [0.15, 0.2) is 24.3 Å². The summed E-state index contributed by atoms with van der Waals surface area (Å²) in [6.07, 6.45) is 5.57. The van der Waals surface area contributed by atoms with Gasteiger partial charge in [-0.2, -0.15) is 0 Å². The third kappa shape index (κ3) is 3.30. The SMILES string of the molecule is COc1cccc(C[C@H](C(=O)NC2[C@@H]3CCCC[C@@H]23)n2nnnc2C)c1. The summed E-state index contributed by atoms with van der Waals surface area (Å²) in [5.41, 5.74) is 1.02. The van der Waals surface area contributed by atoms with E-state index in [1.807, 2.05) is 31.2 Å². The first-order valence-corrected chi connectivity index (χ1v) is 9.35. The van der Waals surface area contributed by atoms with E-state index in [1.54, 1.807) is 11.8 Å². The van der Waals surface area contributed by atoms with Crippen LogP contribution < -0.4 is 10.1 Å². The van der Waals surface area contributed by atoms with Crippen molar-refractivity contribution in [2.24, 2.45) is 11.8 Å². The smallest absolute Gasteiger partial charge is 0.245 e. The number of nitrogens with zero attached hydrogens (tertiary/aromatic N) is 4. The van der Waals surface area contributed by atoms with E-state index in [0.29, 0.717) is 30.1 Å². The Kier molecular flexibility index (Phi) is 4.61. The van der Waals surface area contributed by atoms with Gasteiger partial charge in [0.25, 0.3) is 0 Å². The van der Waals surface area contributed by atoms with E-state index in [2.05, 4.69) is 20.8 Å². The fourth-order valence-corrected chi connectivity index (χ4v) is 4.31. The summed E-state index contributed by atoms with van der Waals surface area (Å²) in [6.45, 7) is 1.82. The van der Waals surface area contributed by atoms with Crippen molar-refractivity contribution in [3.63, 3.8) is 0 Å². The van der Waals surface area contributed by atoms with Crippen LogP contribution in [-0.4, -0.2) is 39.3 Å². The molecule has 26 heavy (non-hydrogen) atoms. The lowest BCUT2D eigenvalue weighted by molar-refractivity contribution is -0.125. The molecule has 2 aliphatic rings. The number of ether oxygens (including phenoxy) is 1. The van der Waals surface area contributed by atoms with E-state index >= 15 is 0 Å². The molecule has 7 nitrogen and oxygen atoms in total. The molecule has 0 spiro atoms. The molecule has 0 aliphatic heterocycles. The Morgan fingerprint density at radius 2 is 2.12 bits per heavy atom. The summed E-state index contributed by atoms with van der Waals surface area (Å²) in [4.78, 5) is 13.1. The number of carbonyl (C=O) groups excluding carboxylic acids is 1. The lowest BCUT2D eigenvalue weighted by Gasteiger charge is -2.18. The van der Waals surface area contributed by atoms with Crippen molar-refractivity contribution < 1.29 is 9.53 Å². The van der Waals surface area contributed by atoms with E-state index in [9.17, 15) is 4.79 Å². The van der Waals surface area contributed by atoms with E-state index in [0.717, 1.165) is 11.3 Å². The van der Waals surface area contributed by atoms with E-state index in [4.69, 9.17) is 4.74 Å². The van der Waals surface area contributed by atoms with Crippen molar-refractivity contribution in [2.45, 2.75) is 51.1 Å². The number of amides is 1. The predicted octanol–water partition coefficient (Wildman–Crippen LogP) is 2.08. The van der Waals surface area contributed by atoms with Crippen molar-refractivity contribution in [3.05, 3.63) is 35.7 Å². The van der Waals surface area contributed by atoms with Crippen LogP contribution in [0.25, 0.3) is 0 Å². The first-order valence-electron chi connectivity index (χ1n) is 9.35. The minimum absolute atomic E-state index is 0.00243.